The molecule has 0 unspecified atom stereocenters. The highest BCUT2D eigenvalue weighted by Crippen LogP contribution is 2.14. The van der Waals surface area contributed by atoms with E-state index in [1.165, 1.54) is 5.56 Å². The first-order valence-electron chi connectivity index (χ1n) is 7.11. The van der Waals surface area contributed by atoms with Gasteiger partial charge in [-0.25, -0.2) is 0 Å². The van der Waals surface area contributed by atoms with Crippen molar-refractivity contribution in [3.63, 3.8) is 0 Å². The van der Waals surface area contributed by atoms with Gasteiger partial charge in [0.2, 0.25) is 0 Å². The minimum atomic E-state index is 0.382. The van der Waals surface area contributed by atoms with E-state index < -0.39 is 0 Å². The van der Waals surface area contributed by atoms with Crippen LogP contribution in [0, 0.1) is 0 Å². The lowest BCUT2D eigenvalue weighted by Gasteiger charge is -2.09. The summed E-state index contributed by atoms with van der Waals surface area (Å²) in [6.45, 7) is 0.382. The molecule has 4 heteroatoms. The monoisotopic (exact) mass is 278 g/mol. The number of nitrogens with zero attached hydrogens (tertiary/aromatic N) is 3. The largest absolute Gasteiger partial charge is 0.324 e. The fourth-order valence-corrected chi connectivity index (χ4v) is 2.42. The summed E-state index contributed by atoms with van der Waals surface area (Å²) in [5, 5.41) is 8.52. The van der Waals surface area contributed by atoms with Crippen LogP contribution in [0.2, 0.25) is 0 Å². The Morgan fingerprint density at radius 1 is 0.762 bits per heavy atom. The molecule has 0 radical (unpaired) electrons. The highest BCUT2D eigenvalue weighted by molar-refractivity contribution is 5.34. The van der Waals surface area contributed by atoms with Gasteiger partial charge < -0.3 is 5.73 Å². The summed E-state index contributed by atoms with van der Waals surface area (Å²) in [5.41, 5.74) is 8.15. The van der Waals surface area contributed by atoms with Crippen LogP contribution in [0.15, 0.2) is 60.7 Å². The van der Waals surface area contributed by atoms with Gasteiger partial charge in [-0.05, 0) is 24.1 Å². The maximum absolute atomic E-state index is 5.79. The van der Waals surface area contributed by atoms with Gasteiger partial charge in [-0.3, -0.25) is 4.57 Å². The number of benzene rings is 2. The molecule has 21 heavy (non-hydrogen) atoms. The zero-order chi connectivity index (χ0) is 14.5. The number of aryl methyl sites for hydroxylation is 2. The normalized spacial score (nSPS) is 10.7. The van der Waals surface area contributed by atoms with Gasteiger partial charge >= 0.3 is 0 Å². The summed E-state index contributed by atoms with van der Waals surface area (Å²) in [4.78, 5) is 0. The highest BCUT2D eigenvalue weighted by atomic mass is 15.3. The molecule has 2 aromatic carbocycles. The Kier molecular flexibility index (Phi) is 4.07. The molecule has 0 atom stereocenters. The third-order valence-corrected chi connectivity index (χ3v) is 3.47. The maximum atomic E-state index is 5.79. The highest BCUT2D eigenvalue weighted by Gasteiger charge is 2.12. The number of hydrogen-bond acceptors (Lipinski definition) is 3. The average molecular weight is 278 g/mol. The van der Waals surface area contributed by atoms with Gasteiger partial charge in [-0.2, -0.15) is 0 Å². The maximum Gasteiger partial charge on any atom is 0.151 e. The number of nitrogens with two attached hydrogens (primary N) is 1. The molecule has 3 aromatic rings. The summed E-state index contributed by atoms with van der Waals surface area (Å²) < 4.78 is 2.06. The van der Waals surface area contributed by atoms with Crippen molar-refractivity contribution in [2.75, 3.05) is 0 Å². The van der Waals surface area contributed by atoms with E-state index in [1.54, 1.807) is 0 Å². The van der Waals surface area contributed by atoms with Crippen molar-refractivity contribution >= 4 is 0 Å². The van der Waals surface area contributed by atoms with Crippen LogP contribution in [0.5, 0.6) is 0 Å². The molecule has 2 N–H and O–H groups in total. The molecule has 1 heterocycles. The first-order chi connectivity index (χ1) is 10.4. The topological polar surface area (TPSA) is 56.7 Å². The number of hydrogen-bond donors (Lipinski definition) is 1. The Morgan fingerprint density at radius 3 is 2.05 bits per heavy atom. The molecule has 0 fully saturated rings. The minimum absolute atomic E-state index is 0.382. The molecule has 0 bridgehead atoms. The summed E-state index contributed by atoms with van der Waals surface area (Å²) >= 11 is 0. The summed E-state index contributed by atoms with van der Waals surface area (Å²) in [6, 6.07) is 20.5. The number of aromatic nitrogens is 3. The second-order valence-electron chi connectivity index (χ2n) is 4.89. The lowest BCUT2D eigenvalue weighted by atomic mass is 10.1. The Morgan fingerprint density at radius 2 is 1.38 bits per heavy atom. The van der Waals surface area contributed by atoms with Gasteiger partial charge in [0.25, 0.3) is 0 Å². The smallest absolute Gasteiger partial charge is 0.151 e. The van der Waals surface area contributed by atoms with E-state index in [0.717, 1.165) is 30.2 Å². The zero-order valence-electron chi connectivity index (χ0n) is 11.8. The van der Waals surface area contributed by atoms with Crippen molar-refractivity contribution in [2.24, 2.45) is 5.73 Å². The molecule has 0 amide bonds. The lowest BCUT2D eigenvalue weighted by molar-refractivity contribution is 0.799. The second-order valence-corrected chi connectivity index (χ2v) is 4.89. The van der Waals surface area contributed by atoms with Crippen LogP contribution < -0.4 is 5.73 Å². The van der Waals surface area contributed by atoms with Gasteiger partial charge in [0.15, 0.2) is 5.82 Å². The predicted molar refractivity (Wildman–Crippen MR) is 83.1 cm³/mol. The minimum Gasteiger partial charge on any atom is -0.324 e. The first kappa shape index (κ1) is 13.5. The molecular formula is C17H18N4. The van der Waals surface area contributed by atoms with E-state index in [4.69, 9.17) is 5.73 Å². The van der Waals surface area contributed by atoms with E-state index in [-0.39, 0.29) is 0 Å². The number of para-hydroxylation sites is 1. The predicted octanol–water partition coefficient (Wildman–Crippen LogP) is 2.51. The van der Waals surface area contributed by atoms with Crippen LogP contribution >= 0.6 is 0 Å². The van der Waals surface area contributed by atoms with E-state index in [9.17, 15) is 0 Å². The molecule has 0 saturated carbocycles. The average Bonchev–Trinajstić information content (AvgIpc) is 2.97. The molecular weight excluding hydrogens is 260 g/mol. The van der Waals surface area contributed by atoms with Crippen LogP contribution in [-0.2, 0) is 19.4 Å². The van der Waals surface area contributed by atoms with Crippen LogP contribution in [-0.4, -0.2) is 14.8 Å². The van der Waals surface area contributed by atoms with Crippen LogP contribution in [0.3, 0.4) is 0 Å². The summed E-state index contributed by atoms with van der Waals surface area (Å²) in [7, 11) is 0. The van der Waals surface area contributed by atoms with Crippen molar-refractivity contribution in [2.45, 2.75) is 19.4 Å². The lowest BCUT2D eigenvalue weighted by Crippen LogP contribution is -2.10. The van der Waals surface area contributed by atoms with E-state index >= 15 is 0 Å². The fourth-order valence-electron chi connectivity index (χ4n) is 2.42. The second kappa shape index (κ2) is 6.33. The van der Waals surface area contributed by atoms with Gasteiger partial charge in [-0.15, -0.1) is 10.2 Å². The van der Waals surface area contributed by atoms with Crippen LogP contribution in [0.4, 0.5) is 0 Å². The standard InChI is InChI=1S/C17H18N4/c18-13-17-20-19-16(12-11-14-7-3-1-4-8-14)21(17)15-9-5-2-6-10-15/h1-10H,11-13,18H2. The quantitative estimate of drug-likeness (QED) is 0.780. The Labute approximate surface area is 124 Å². The van der Waals surface area contributed by atoms with Gasteiger partial charge in [0, 0.05) is 12.1 Å². The third kappa shape index (κ3) is 3.01. The Balaban J connectivity index is 1.87. The van der Waals surface area contributed by atoms with Crippen LogP contribution in [0.1, 0.15) is 17.2 Å². The molecule has 4 nitrogen and oxygen atoms in total. The molecule has 0 saturated heterocycles. The van der Waals surface area contributed by atoms with Crippen molar-refractivity contribution < 1.29 is 0 Å². The summed E-state index contributed by atoms with van der Waals surface area (Å²) in [5.74, 6) is 1.75. The van der Waals surface area contributed by atoms with Crippen molar-refractivity contribution in [1.82, 2.24) is 14.8 Å². The molecule has 0 aliphatic carbocycles. The van der Waals surface area contributed by atoms with E-state index in [2.05, 4.69) is 51.2 Å². The van der Waals surface area contributed by atoms with Gasteiger partial charge in [-0.1, -0.05) is 48.5 Å². The molecule has 0 aliphatic heterocycles. The Bertz CT molecular complexity index is 689. The molecule has 0 aliphatic rings. The summed E-state index contributed by atoms with van der Waals surface area (Å²) in [6.07, 6.45) is 1.78. The molecule has 0 spiro atoms. The zero-order valence-corrected chi connectivity index (χ0v) is 11.8. The first-order valence-corrected chi connectivity index (χ1v) is 7.11. The fraction of sp³-hybridized carbons (Fsp3) is 0.176. The molecule has 1 aromatic heterocycles. The van der Waals surface area contributed by atoms with Gasteiger partial charge in [0.05, 0.1) is 6.54 Å². The Hall–Kier alpha value is -2.46. The van der Waals surface area contributed by atoms with Crippen molar-refractivity contribution in [3.8, 4) is 5.69 Å². The number of rotatable bonds is 5. The SMILES string of the molecule is NCc1nnc(CCc2ccccc2)n1-c1ccccc1. The molecule has 106 valence electrons. The van der Waals surface area contributed by atoms with Gasteiger partial charge in [0.1, 0.15) is 5.82 Å². The third-order valence-electron chi connectivity index (χ3n) is 3.47. The van der Waals surface area contributed by atoms with Crippen molar-refractivity contribution in [1.29, 1.82) is 0 Å². The van der Waals surface area contributed by atoms with E-state index in [1.807, 2.05) is 24.3 Å². The van der Waals surface area contributed by atoms with E-state index in [0.29, 0.717) is 6.54 Å². The van der Waals surface area contributed by atoms with Crippen LogP contribution in [0.25, 0.3) is 5.69 Å². The van der Waals surface area contributed by atoms with Crippen molar-refractivity contribution in [3.05, 3.63) is 77.9 Å². The molecule has 3 rings (SSSR count).